The number of halogens is 6. The van der Waals surface area contributed by atoms with Gasteiger partial charge in [0.15, 0.2) is 10.7 Å². The lowest BCUT2D eigenvalue weighted by Crippen LogP contribution is -2.52. The fourth-order valence-electron chi connectivity index (χ4n) is 6.60. The molecule has 0 N–H and O–H groups in total. The van der Waals surface area contributed by atoms with Gasteiger partial charge in [-0.05, 0) is 67.6 Å². The van der Waals surface area contributed by atoms with Gasteiger partial charge in [-0.1, -0.05) is 42.8 Å². The summed E-state index contributed by atoms with van der Waals surface area (Å²) in [6.07, 6.45) is -3.84. The molecule has 4 nitrogen and oxygen atoms in total. The molecule has 0 saturated heterocycles. The molecule has 1 heterocycles. The number of hydrogen-bond acceptors (Lipinski definition) is 4. The highest BCUT2D eigenvalue weighted by Crippen LogP contribution is 2.62. The van der Waals surface area contributed by atoms with Gasteiger partial charge < -0.3 is 4.74 Å². The minimum atomic E-state index is -4.52. The first-order valence-corrected chi connectivity index (χ1v) is 14.7. The Morgan fingerprint density at radius 2 is 1.74 bits per heavy atom. The number of fused-ring (bicyclic) bond motifs is 3. The highest BCUT2D eigenvalue weighted by molar-refractivity contribution is 8.13. The number of aliphatic imine (C=N–C) groups is 1. The van der Waals surface area contributed by atoms with Gasteiger partial charge in [0.05, 0.1) is 18.9 Å². The molecule has 216 valence electrons. The van der Waals surface area contributed by atoms with Crippen molar-refractivity contribution in [2.45, 2.75) is 94.6 Å². The maximum atomic E-state index is 14.4. The SMILES string of the molecule is COC1CCC2(CC1)Cc1ccc(CCC3CC3)cc1C21N=C(SCCC(F)(F)F)N(CCC(F)(F)F)C1=O. The first-order valence-electron chi connectivity index (χ1n) is 13.7. The van der Waals surface area contributed by atoms with Crippen LogP contribution in [0.25, 0.3) is 0 Å². The molecular weight excluding hydrogens is 542 g/mol. The Labute approximate surface area is 228 Å². The second-order valence-electron chi connectivity index (χ2n) is 11.5. The third-order valence-electron chi connectivity index (χ3n) is 8.91. The smallest absolute Gasteiger partial charge is 0.381 e. The maximum absolute atomic E-state index is 14.4. The number of carbonyl (C=O) groups is 1. The fraction of sp³-hybridized carbons (Fsp3) is 0.714. The summed E-state index contributed by atoms with van der Waals surface area (Å²) in [6, 6.07) is 6.09. The number of ether oxygens (including phenoxy) is 1. The number of rotatable bonds is 8. The molecule has 2 saturated carbocycles. The summed E-state index contributed by atoms with van der Waals surface area (Å²) in [7, 11) is 1.64. The van der Waals surface area contributed by atoms with E-state index in [-0.39, 0.29) is 11.3 Å². The molecular formula is C28H34F6N2O2S. The highest BCUT2D eigenvalue weighted by Gasteiger charge is 2.67. The summed E-state index contributed by atoms with van der Waals surface area (Å²) in [5.74, 6) is -0.236. The molecule has 0 radical (unpaired) electrons. The van der Waals surface area contributed by atoms with Gasteiger partial charge in [0, 0.05) is 24.8 Å². The van der Waals surface area contributed by atoms with Gasteiger partial charge in [0.1, 0.15) is 0 Å². The molecule has 0 bridgehead atoms. The molecule has 1 aromatic rings. The minimum absolute atomic E-state index is 0.0212. The van der Waals surface area contributed by atoms with Crippen LogP contribution >= 0.6 is 11.8 Å². The number of aryl methyl sites for hydroxylation is 1. The number of methoxy groups -OCH3 is 1. The van der Waals surface area contributed by atoms with Crippen molar-refractivity contribution in [2.24, 2.45) is 16.3 Å². The molecule has 1 atom stereocenters. The van der Waals surface area contributed by atoms with Gasteiger partial charge in [0.2, 0.25) is 0 Å². The van der Waals surface area contributed by atoms with Crippen molar-refractivity contribution < 1.29 is 35.9 Å². The summed E-state index contributed by atoms with van der Waals surface area (Å²) >= 11 is 0.731. The highest BCUT2D eigenvalue weighted by atomic mass is 32.2. The quantitative estimate of drug-likeness (QED) is 0.308. The number of alkyl halides is 6. The van der Waals surface area contributed by atoms with Gasteiger partial charge in [-0.15, -0.1) is 0 Å². The van der Waals surface area contributed by atoms with E-state index in [1.54, 1.807) is 7.11 Å². The van der Waals surface area contributed by atoms with E-state index < -0.39 is 54.4 Å². The Balaban J connectivity index is 1.55. The van der Waals surface area contributed by atoms with Crippen molar-refractivity contribution in [1.82, 2.24) is 4.90 Å². The Hall–Kier alpha value is -1.75. The Bertz CT molecular complexity index is 1110. The number of carbonyl (C=O) groups excluding carboxylic acids is 1. The van der Waals surface area contributed by atoms with E-state index in [2.05, 4.69) is 6.07 Å². The van der Waals surface area contributed by atoms with Crippen LogP contribution in [0.5, 0.6) is 0 Å². The van der Waals surface area contributed by atoms with E-state index in [9.17, 15) is 31.1 Å². The summed E-state index contributed by atoms with van der Waals surface area (Å²) < 4.78 is 84.2. The van der Waals surface area contributed by atoms with Crippen LogP contribution in [0.2, 0.25) is 0 Å². The molecule has 0 aromatic heterocycles. The average molecular weight is 577 g/mol. The molecule has 1 unspecified atom stereocenters. The maximum Gasteiger partial charge on any atom is 0.390 e. The predicted octanol–water partition coefficient (Wildman–Crippen LogP) is 7.19. The van der Waals surface area contributed by atoms with Gasteiger partial charge >= 0.3 is 12.4 Å². The van der Waals surface area contributed by atoms with Gasteiger partial charge in [-0.2, -0.15) is 26.3 Å². The van der Waals surface area contributed by atoms with Gasteiger partial charge in [0.25, 0.3) is 5.91 Å². The third-order valence-corrected chi connectivity index (χ3v) is 9.88. The standard InChI is InChI=1S/C28H34F6N2O2S/c1-38-21-8-10-25(11-9-21)17-20-7-6-19(5-4-18-2-3-18)16-22(20)28(25)23(37)36(14-12-26(29,30)31)24(35-28)39-15-13-27(32,33)34/h6-7,16,18,21H,2-5,8-15,17H2,1H3. The molecule has 1 amide bonds. The molecule has 2 spiro atoms. The number of amides is 1. The van der Waals surface area contributed by atoms with Crippen LogP contribution in [0.4, 0.5) is 26.3 Å². The summed E-state index contributed by atoms with van der Waals surface area (Å²) in [5, 5.41) is -0.0297. The topological polar surface area (TPSA) is 41.9 Å². The van der Waals surface area contributed by atoms with E-state index >= 15 is 0 Å². The zero-order chi connectivity index (χ0) is 28.1. The zero-order valence-corrected chi connectivity index (χ0v) is 22.8. The number of thioether (sulfide) groups is 1. The van der Waals surface area contributed by atoms with Crippen molar-refractivity contribution in [3.63, 3.8) is 0 Å². The Kier molecular flexibility index (Phi) is 7.80. The molecule has 1 aliphatic heterocycles. The van der Waals surface area contributed by atoms with Crippen LogP contribution in [0.1, 0.15) is 74.5 Å². The minimum Gasteiger partial charge on any atom is -0.381 e. The van der Waals surface area contributed by atoms with E-state index in [0.29, 0.717) is 38.0 Å². The number of benzene rings is 1. The van der Waals surface area contributed by atoms with Crippen LogP contribution in [0, 0.1) is 11.3 Å². The molecule has 1 aromatic carbocycles. The molecule has 2 fully saturated rings. The van der Waals surface area contributed by atoms with Crippen LogP contribution in [-0.2, 0) is 27.9 Å². The van der Waals surface area contributed by atoms with E-state index in [1.165, 1.54) is 12.8 Å². The van der Waals surface area contributed by atoms with Crippen molar-refractivity contribution in [1.29, 1.82) is 0 Å². The normalized spacial score (nSPS) is 29.0. The third kappa shape index (κ3) is 5.85. The number of nitrogens with zero attached hydrogens (tertiary/aromatic N) is 2. The summed E-state index contributed by atoms with van der Waals surface area (Å²) in [5.41, 5.74) is 0.656. The first-order chi connectivity index (χ1) is 18.4. The lowest BCUT2D eigenvalue weighted by molar-refractivity contribution is -0.146. The lowest BCUT2D eigenvalue weighted by Gasteiger charge is -2.45. The number of hydrogen-bond donors (Lipinski definition) is 0. The van der Waals surface area contributed by atoms with Crippen LogP contribution < -0.4 is 0 Å². The first kappa shape index (κ1) is 28.8. The van der Waals surface area contributed by atoms with Crippen LogP contribution in [0.3, 0.4) is 0 Å². The number of amidine groups is 1. The molecule has 4 aliphatic rings. The molecule has 3 aliphatic carbocycles. The molecule has 11 heteroatoms. The zero-order valence-electron chi connectivity index (χ0n) is 22.0. The van der Waals surface area contributed by atoms with Crippen molar-refractivity contribution >= 4 is 22.8 Å². The molecule has 5 rings (SSSR count). The predicted molar refractivity (Wildman–Crippen MR) is 138 cm³/mol. The van der Waals surface area contributed by atoms with Crippen LogP contribution in [0.15, 0.2) is 23.2 Å². The Morgan fingerprint density at radius 1 is 1.05 bits per heavy atom. The van der Waals surface area contributed by atoms with E-state index in [0.717, 1.165) is 46.2 Å². The van der Waals surface area contributed by atoms with Crippen molar-refractivity contribution in [2.75, 3.05) is 19.4 Å². The second-order valence-corrected chi connectivity index (χ2v) is 12.6. The lowest BCUT2D eigenvalue weighted by atomic mass is 9.61. The monoisotopic (exact) mass is 576 g/mol. The fourth-order valence-corrected chi connectivity index (χ4v) is 7.65. The van der Waals surface area contributed by atoms with E-state index in [1.807, 2.05) is 12.1 Å². The van der Waals surface area contributed by atoms with Gasteiger partial charge in [-0.25, -0.2) is 4.99 Å². The van der Waals surface area contributed by atoms with Crippen molar-refractivity contribution in [3.05, 3.63) is 34.9 Å². The largest absolute Gasteiger partial charge is 0.390 e. The Morgan fingerprint density at radius 3 is 2.36 bits per heavy atom. The van der Waals surface area contributed by atoms with Gasteiger partial charge in [-0.3, -0.25) is 9.69 Å². The summed E-state index contributed by atoms with van der Waals surface area (Å²) in [4.78, 5) is 20.3. The van der Waals surface area contributed by atoms with E-state index in [4.69, 9.17) is 9.73 Å². The van der Waals surface area contributed by atoms with Crippen LogP contribution in [-0.4, -0.2) is 53.8 Å². The summed E-state index contributed by atoms with van der Waals surface area (Å²) in [6.45, 7) is -0.657. The second kappa shape index (κ2) is 10.6. The van der Waals surface area contributed by atoms with Crippen molar-refractivity contribution in [3.8, 4) is 0 Å². The average Bonchev–Trinajstić information content (AvgIpc) is 3.60. The molecule has 39 heavy (non-hydrogen) atoms.